The number of furan rings is 1. The molecule has 11 aromatic rings. The van der Waals surface area contributed by atoms with Gasteiger partial charge < -0.3 is 9.32 Å². The van der Waals surface area contributed by atoms with Crippen molar-refractivity contribution in [3.05, 3.63) is 195 Å². The fraction of sp³-hybridized carbons (Fsp3) is 0. The highest BCUT2D eigenvalue weighted by atomic mass is 16.3. The maximum atomic E-state index is 5.99. The molecular formula is C51H32N4O. The van der Waals surface area contributed by atoms with E-state index in [1.54, 1.807) is 6.20 Å². The van der Waals surface area contributed by atoms with Crippen LogP contribution in [0.1, 0.15) is 0 Å². The summed E-state index contributed by atoms with van der Waals surface area (Å²) >= 11 is 0. The predicted molar refractivity (Wildman–Crippen MR) is 231 cm³/mol. The summed E-state index contributed by atoms with van der Waals surface area (Å²) in [5.41, 5.74) is 13.7. The van der Waals surface area contributed by atoms with Gasteiger partial charge in [0.2, 0.25) is 5.71 Å². The van der Waals surface area contributed by atoms with Crippen LogP contribution in [0.25, 0.3) is 88.0 Å². The van der Waals surface area contributed by atoms with Gasteiger partial charge in [-0.1, -0.05) is 72.8 Å². The monoisotopic (exact) mass is 716 g/mol. The van der Waals surface area contributed by atoms with Crippen LogP contribution in [-0.2, 0) is 0 Å². The molecule has 5 nitrogen and oxygen atoms in total. The molecule has 262 valence electrons. The largest absolute Gasteiger partial charge is 0.438 e. The Labute approximate surface area is 322 Å². The van der Waals surface area contributed by atoms with Gasteiger partial charge in [-0.2, -0.15) is 0 Å². The second kappa shape index (κ2) is 13.0. The van der Waals surface area contributed by atoms with E-state index in [1.165, 1.54) is 5.39 Å². The molecule has 0 aliphatic heterocycles. The van der Waals surface area contributed by atoms with E-state index in [4.69, 9.17) is 4.42 Å². The van der Waals surface area contributed by atoms with E-state index in [0.717, 1.165) is 94.0 Å². The zero-order chi connectivity index (χ0) is 37.0. The topological polar surface area (TPSA) is 55.1 Å². The molecule has 0 fully saturated rings. The summed E-state index contributed by atoms with van der Waals surface area (Å²) in [6.45, 7) is 0. The molecule has 0 amide bonds. The fourth-order valence-corrected chi connectivity index (χ4v) is 7.91. The molecule has 0 aliphatic carbocycles. The summed E-state index contributed by atoms with van der Waals surface area (Å²) < 4.78 is 5.99. The first-order valence-corrected chi connectivity index (χ1v) is 18.7. The Bertz CT molecular complexity index is 3140. The van der Waals surface area contributed by atoms with Gasteiger partial charge in [-0.25, -0.2) is 4.98 Å². The van der Waals surface area contributed by atoms with Gasteiger partial charge in [0.05, 0.1) is 11.0 Å². The van der Waals surface area contributed by atoms with Gasteiger partial charge in [0.1, 0.15) is 5.58 Å². The summed E-state index contributed by atoms with van der Waals surface area (Å²) in [5, 5.41) is 6.70. The third kappa shape index (κ3) is 5.62. The molecule has 0 atom stereocenters. The number of hydrogen-bond acceptors (Lipinski definition) is 5. The maximum Gasteiger partial charge on any atom is 0.227 e. The van der Waals surface area contributed by atoms with E-state index in [-0.39, 0.29) is 0 Å². The Morgan fingerprint density at radius 1 is 0.339 bits per heavy atom. The van der Waals surface area contributed by atoms with Gasteiger partial charge in [0.25, 0.3) is 0 Å². The third-order valence-corrected chi connectivity index (χ3v) is 10.8. The Balaban J connectivity index is 0.974. The van der Waals surface area contributed by atoms with Crippen LogP contribution in [0.3, 0.4) is 0 Å². The Morgan fingerprint density at radius 2 is 0.821 bits per heavy atom. The zero-order valence-corrected chi connectivity index (χ0v) is 30.2. The minimum Gasteiger partial charge on any atom is -0.438 e. The zero-order valence-electron chi connectivity index (χ0n) is 30.2. The van der Waals surface area contributed by atoms with E-state index in [2.05, 4.69) is 172 Å². The van der Waals surface area contributed by atoms with Gasteiger partial charge >= 0.3 is 0 Å². The van der Waals surface area contributed by atoms with Gasteiger partial charge in [0, 0.05) is 57.2 Å². The minimum atomic E-state index is 0.664. The average molecular weight is 717 g/mol. The standard InChI is InChI=1S/C51H32N4O/c1-4-41-29-35(14-22-48(41)52-25-1)33-9-17-43(18-10-33)55(44-19-11-34(12-20-44)36-15-23-49-42(30-36)5-2-26-53-49)45-21-13-38-28-37(7-8-39(38)31-45)40-16-24-50-47(32-40)46-6-3-27-54-51(46)56-50/h1-32H. The van der Waals surface area contributed by atoms with Gasteiger partial charge in [-0.3, -0.25) is 9.97 Å². The van der Waals surface area contributed by atoms with Crippen molar-refractivity contribution < 1.29 is 4.42 Å². The van der Waals surface area contributed by atoms with Crippen molar-refractivity contribution in [3.63, 3.8) is 0 Å². The Hall–Kier alpha value is -7.63. The number of fused-ring (bicyclic) bond motifs is 6. The molecule has 0 radical (unpaired) electrons. The molecule has 7 aromatic carbocycles. The number of aromatic nitrogens is 3. The summed E-state index contributed by atoms with van der Waals surface area (Å²) in [7, 11) is 0. The number of benzene rings is 7. The molecule has 4 heterocycles. The molecule has 0 saturated carbocycles. The van der Waals surface area contributed by atoms with Crippen LogP contribution in [-0.4, -0.2) is 15.0 Å². The average Bonchev–Trinajstić information content (AvgIpc) is 3.64. The van der Waals surface area contributed by atoms with Gasteiger partial charge in [-0.05, 0) is 147 Å². The van der Waals surface area contributed by atoms with Crippen molar-refractivity contribution in [1.82, 2.24) is 15.0 Å². The molecule has 4 aromatic heterocycles. The lowest BCUT2D eigenvalue weighted by Crippen LogP contribution is -2.09. The smallest absolute Gasteiger partial charge is 0.227 e. The Morgan fingerprint density at radius 3 is 1.50 bits per heavy atom. The van der Waals surface area contributed by atoms with Crippen molar-refractivity contribution >= 4 is 71.7 Å². The second-order valence-electron chi connectivity index (χ2n) is 14.2. The van der Waals surface area contributed by atoms with Crippen molar-refractivity contribution in [2.45, 2.75) is 0 Å². The van der Waals surface area contributed by atoms with Gasteiger partial charge in [-0.15, -0.1) is 0 Å². The van der Waals surface area contributed by atoms with E-state index < -0.39 is 0 Å². The molecule has 0 unspecified atom stereocenters. The summed E-state index contributed by atoms with van der Waals surface area (Å²) in [4.78, 5) is 15.8. The van der Waals surface area contributed by atoms with Crippen LogP contribution in [0.4, 0.5) is 17.1 Å². The van der Waals surface area contributed by atoms with E-state index in [1.807, 2.05) is 36.7 Å². The van der Waals surface area contributed by atoms with Crippen LogP contribution in [0.5, 0.6) is 0 Å². The number of pyridine rings is 3. The molecule has 56 heavy (non-hydrogen) atoms. The normalized spacial score (nSPS) is 11.6. The van der Waals surface area contributed by atoms with E-state index >= 15 is 0 Å². The van der Waals surface area contributed by atoms with Crippen LogP contribution in [0.15, 0.2) is 199 Å². The first kappa shape index (κ1) is 31.9. The first-order valence-electron chi connectivity index (χ1n) is 18.7. The highest BCUT2D eigenvalue weighted by Crippen LogP contribution is 2.39. The molecule has 0 spiro atoms. The van der Waals surface area contributed by atoms with Gasteiger partial charge in [0.15, 0.2) is 0 Å². The second-order valence-corrected chi connectivity index (χ2v) is 14.2. The molecule has 11 rings (SSSR count). The summed E-state index contributed by atoms with van der Waals surface area (Å²) in [6.07, 6.45) is 5.44. The summed E-state index contributed by atoms with van der Waals surface area (Å²) in [6, 6.07) is 62.6. The lowest BCUT2D eigenvalue weighted by Gasteiger charge is -2.26. The molecule has 0 N–H and O–H groups in total. The van der Waals surface area contributed by atoms with Crippen molar-refractivity contribution in [3.8, 4) is 33.4 Å². The number of rotatable bonds is 6. The first-order chi connectivity index (χ1) is 27.7. The quantitative estimate of drug-likeness (QED) is 0.171. The van der Waals surface area contributed by atoms with E-state index in [0.29, 0.717) is 5.71 Å². The van der Waals surface area contributed by atoms with Crippen LogP contribution < -0.4 is 4.90 Å². The van der Waals surface area contributed by atoms with Crippen LogP contribution >= 0.6 is 0 Å². The molecule has 0 aliphatic rings. The van der Waals surface area contributed by atoms with Crippen LogP contribution in [0.2, 0.25) is 0 Å². The van der Waals surface area contributed by atoms with Crippen LogP contribution in [0, 0.1) is 0 Å². The summed E-state index contributed by atoms with van der Waals surface area (Å²) in [5.74, 6) is 0. The molecule has 5 heteroatoms. The Kier molecular flexibility index (Phi) is 7.42. The number of anilines is 3. The fourth-order valence-electron chi connectivity index (χ4n) is 7.91. The minimum absolute atomic E-state index is 0.664. The van der Waals surface area contributed by atoms with Crippen molar-refractivity contribution in [2.75, 3.05) is 4.90 Å². The molecule has 0 bridgehead atoms. The molecule has 0 saturated heterocycles. The third-order valence-electron chi connectivity index (χ3n) is 10.8. The lowest BCUT2D eigenvalue weighted by molar-refractivity contribution is 0.654. The maximum absolute atomic E-state index is 5.99. The van der Waals surface area contributed by atoms with E-state index in [9.17, 15) is 0 Å². The molecular weight excluding hydrogens is 685 g/mol. The number of nitrogens with zero attached hydrogens (tertiary/aromatic N) is 4. The lowest BCUT2D eigenvalue weighted by atomic mass is 9.99. The number of hydrogen-bond donors (Lipinski definition) is 0. The van der Waals surface area contributed by atoms with Crippen molar-refractivity contribution in [1.29, 1.82) is 0 Å². The highest BCUT2D eigenvalue weighted by molar-refractivity contribution is 6.05. The predicted octanol–water partition coefficient (Wildman–Crippen LogP) is 13.7. The van der Waals surface area contributed by atoms with Crippen molar-refractivity contribution in [2.24, 2.45) is 0 Å². The SMILES string of the molecule is c1cnc2ccc(-c3ccc(N(c4ccc(-c5ccc6ncccc6c5)cc4)c4ccc5cc(-c6ccc7oc8ncccc8c7c6)ccc5c4)cc3)cc2c1. The highest BCUT2D eigenvalue weighted by Gasteiger charge is 2.15.